The Labute approximate surface area is 179 Å². The third-order valence-electron chi connectivity index (χ3n) is 4.79. The zero-order valence-corrected chi connectivity index (χ0v) is 17.2. The van der Waals surface area contributed by atoms with Crippen molar-refractivity contribution in [3.8, 4) is 11.3 Å². The highest BCUT2D eigenvalue weighted by atomic mass is 16.3. The molecule has 0 bridgehead atoms. The summed E-state index contributed by atoms with van der Waals surface area (Å²) in [4.78, 5) is 21.4. The van der Waals surface area contributed by atoms with Crippen molar-refractivity contribution in [2.24, 2.45) is 7.05 Å². The maximum atomic E-state index is 12.6. The van der Waals surface area contributed by atoms with Gasteiger partial charge in [-0.1, -0.05) is 12.1 Å². The van der Waals surface area contributed by atoms with E-state index in [4.69, 9.17) is 0 Å². The lowest BCUT2D eigenvalue weighted by atomic mass is 10.1. The maximum Gasteiger partial charge on any atom is 0.255 e. The zero-order valence-electron chi connectivity index (χ0n) is 17.2. The number of aryl methyl sites for hydroxylation is 2. The molecule has 0 aliphatic rings. The van der Waals surface area contributed by atoms with Crippen LogP contribution in [0.15, 0.2) is 67.1 Å². The Morgan fingerprint density at radius 3 is 2.65 bits per heavy atom. The molecule has 2 aromatic carbocycles. The second kappa shape index (κ2) is 8.76. The predicted molar refractivity (Wildman–Crippen MR) is 119 cm³/mol. The molecule has 31 heavy (non-hydrogen) atoms. The van der Waals surface area contributed by atoms with E-state index in [1.165, 1.54) is 0 Å². The molecule has 0 aliphatic heterocycles. The molecule has 2 aromatic heterocycles. The molecule has 0 unspecified atom stereocenters. The molecule has 2 heterocycles. The van der Waals surface area contributed by atoms with Gasteiger partial charge in [0.25, 0.3) is 5.91 Å². The molecule has 4 aromatic rings. The summed E-state index contributed by atoms with van der Waals surface area (Å²) in [6.45, 7) is 1.83. The molecular formula is C23H22N6O2. The van der Waals surface area contributed by atoms with Gasteiger partial charge in [0.2, 0.25) is 5.95 Å². The van der Waals surface area contributed by atoms with E-state index in [9.17, 15) is 9.90 Å². The van der Waals surface area contributed by atoms with Gasteiger partial charge >= 0.3 is 0 Å². The number of nitrogens with zero attached hydrogens (tertiary/aromatic N) is 4. The average Bonchev–Trinajstić information content (AvgIpc) is 3.22. The van der Waals surface area contributed by atoms with E-state index < -0.39 is 0 Å². The molecule has 0 saturated heterocycles. The van der Waals surface area contributed by atoms with Gasteiger partial charge in [0.15, 0.2) is 0 Å². The van der Waals surface area contributed by atoms with Crippen LogP contribution in [0.1, 0.15) is 21.5 Å². The van der Waals surface area contributed by atoms with Gasteiger partial charge in [-0.3, -0.25) is 9.48 Å². The van der Waals surface area contributed by atoms with Crippen molar-refractivity contribution in [3.05, 3.63) is 83.8 Å². The van der Waals surface area contributed by atoms with E-state index in [-0.39, 0.29) is 12.5 Å². The summed E-state index contributed by atoms with van der Waals surface area (Å²) in [7, 11) is 1.85. The fourth-order valence-electron chi connectivity index (χ4n) is 3.06. The van der Waals surface area contributed by atoms with E-state index in [2.05, 4.69) is 25.7 Å². The van der Waals surface area contributed by atoms with Crippen LogP contribution in [0.2, 0.25) is 0 Å². The summed E-state index contributed by atoms with van der Waals surface area (Å²) in [6, 6.07) is 14.4. The van der Waals surface area contributed by atoms with Gasteiger partial charge in [-0.25, -0.2) is 9.97 Å². The normalized spacial score (nSPS) is 10.7. The van der Waals surface area contributed by atoms with Crippen molar-refractivity contribution in [3.63, 3.8) is 0 Å². The third-order valence-corrected chi connectivity index (χ3v) is 4.79. The second-order valence-corrected chi connectivity index (χ2v) is 7.13. The average molecular weight is 414 g/mol. The minimum atomic E-state index is -0.223. The van der Waals surface area contributed by atoms with E-state index in [0.717, 1.165) is 28.1 Å². The van der Waals surface area contributed by atoms with E-state index in [1.54, 1.807) is 47.4 Å². The van der Waals surface area contributed by atoms with E-state index in [1.807, 2.05) is 38.4 Å². The Bertz CT molecular complexity index is 1220. The summed E-state index contributed by atoms with van der Waals surface area (Å²) in [6.07, 6.45) is 5.32. The summed E-state index contributed by atoms with van der Waals surface area (Å²) in [5, 5.41) is 19.5. The van der Waals surface area contributed by atoms with Crippen LogP contribution in [-0.4, -0.2) is 30.8 Å². The Kier molecular flexibility index (Phi) is 5.72. The van der Waals surface area contributed by atoms with Gasteiger partial charge in [-0.05, 0) is 54.4 Å². The number of carbonyl (C=O) groups excluding carboxylic acids is 1. The van der Waals surface area contributed by atoms with Gasteiger partial charge in [-0.2, -0.15) is 5.10 Å². The quantitative estimate of drug-likeness (QED) is 0.445. The van der Waals surface area contributed by atoms with Crippen LogP contribution >= 0.6 is 0 Å². The molecule has 0 fully saturated rings. The number of nitrogens with one attached hydrogen (secondary N) is 2. The van der Waals surface area contributed by atoms with Gasteiger partial charge in [0, 0.05) is 41.9 Å². The first kappa shape index (κ1) is 20.2. The zero-order chi connectivity index (χ0) is 21.8. The highest BCUT2D eigenvalue weighted by molar-refractivity contribution is 6.04. The van der Waals surface area contributed by atoms with Crippen molar-refractivity contribution < 1.29 is 9.90 Å². The van der Waals surface area contributed by atoms with Crippen LogP contribution in [0.25, 0.3) is 11.3 Å². The lowest BCUT2D eigenvalue weighted by molar-refractivity contribution is 0.102. The highest BCUT2D eigenvalue weighted by Gasteiger charge is 2.09. The Balaban J connectivity index is 1.46. The van der Waals surface area contributed by atoms with Gasteiger partial charge in [0.1, 0.15) is 0 Å². The van der Waals surface area contributed by atoms with Crippen LogP contribution in [0.5, 0.6) is 0 Å². The smallest absolute Gasteiger partial charge is 0.255 e. The highest BCUT2D eigenvalue weighted by Crippen LogP contribution is 2.21. The number of anilines is 3. The first-order valence-electron chi connectivity index (χ1n) is 9.73. The van der Waals surface area contributed by atoms with Crippen LogP contribution in [-0.2, 0) is 13.7 Å². The number of amides is 1. The van der Waals surface area contributed by atoms with E-state index >= 15 is 0 Å². The van der Waals surface area contributed by atoms with E-state index in [0.29, 0.717) is 17.2 Å². The third kappa shape index (κ3) is 4.76. The standard InChI is InChI=1S/C23H22N6O2/c1-15-3-4-16(14-30)11-21(15)27-22(31)17-5-7-19(8-6-17)26-23-24-10-9-20(28-23)18-12-25-29(2)13-18/h3-13,30H,14H2,1-2H3,(H,27,31)(H,24,26,28). The first-order chi connectivity index (χ1) is 15.0. The number of rotatable bonds is 6. The maximum absolute atomic E-state index is 12.6. The molecule has 4 rings (SSSR count). The minimum absolute atomic E-state index is 0.0758. The molecule has 0 spiro atoms. The largest absolute Gasteiger partial charge is 0.392 e. The minimum Gasteiger partial charge on any atom is -0.392 e. The summed E-state index contributed by atoms with van der Waals surface area (Å²) < 4.78 is 1.72. The number of aliphatic hydroxyl groups is 1. The van der Waals surface area contributed by atoms with Crippen molar-refractivity contribution in [2.75, 3.05) is 10.6 Å². The van der Waals surface area contributed by atoms with Crippen LogP contribution in [0.4, 0.5) is 17.3 Å². The molecule has 0 saturated carbocycles. The number of aliphatic hydroxyl groups excluding tert-OH is 1. The molecule has 0 aliphatic carbocycles. The lowest BCUT2D eigenvalue weighted by Crippen LogP contribution is -2.13. The molecule has 0 radical (unpaired) electrons. The number of hydrogen-bond donors (Lipinski definition) is 3. The van der Waals surface area contributed by atoms with Crippen LogP contribution < -0.4 is 10.6 Å². The van der Waals surface area contributed by atoms with Crippen LogP contribution in [0.3, 0.4) is 0 Å². The number of aromatic nitrogens is 4. The number of hydrogen-bond acceptors (Lipinski definition) is 6. The molecule has 1 amide bonds. The number of carbonyl (C=O) groups is 1. The first-order valence-corrected chi connectivity index (χ1v) is 9.73. The fraction of sp³-hybridized carbons (Fsp3) is 0.130. The van der Waals surface area contributed by atoms with Crippen molar-refractivity contribution in [1.29, 1.82) is 0 Å². The van der Waals surface area contributed by atoms with Crippen molar-refractivity contribution in [1.82, 2.24) is 19.7 Å². The second-order valence-electron chi connectivity index (χ2n) is 7.13. The monoisotopic (exact) mass is 414 g/mol. The van der Waals surface area contributed by atoms with Crippen molar-refractivity contribution in [2.45, 2.75) is 13.5 Å². The van der Waals surface area contributed by atoms with Gasteiger partial charge in [-0.15, -0.1) is 0 Å². The SMILES string of the molecule is Cc1ccc(CO)cc1NC(=O)c1ccc(Nc2nccc(-c3cnn(C)c3)n2)cc1. The summed E-state index contributed by atoms with van der Waals surface area (Å²) >= 11 is 0. The summed E-state index contributed by atoms with van der Waals surface area (Å²) in [5.41, 5.74) is 5.30. The van der Waals surface area contributed by atoms with Gasteiger partial charge in [0.05, 0.1) is 18.5 Å². The van der Waals surface area contributed by atoms with Crippen LogP contribution in [0, 0.1) is 6.92 Å². The van der Waals surface area contributed by atoms with Gasteiger partial charge < -0.3 is 15.7 Å². The Hall–Kier alpha value is -4.04. The molecule has 8 heteroatoms. The number of benzene rings is 2. The lowest BCUT2D eigenvalue weighted by Gasteiger charge is -2.11. The Morgan fingerprint density at radius 1 is 1.13 bits per heavy atom. The topological polar surface area (TPSA) is 105 Å². The molecular weight excluding hydrogens is 392 g/mol. The molecule has 156 valence electrons. The molecule has 3 N–H and O–H groups in total. The molecule has 0 atom stereocenters. The Morgan fingerprint density at radius 2 is 1.94 bits per heavy atom. The molecule has 8 nitrogen and oxygen atoms in total. The predicted octanol–water partition coefficient (Wildman–Crippen LogP) is 3.67. The fourth-order valence-corrected chi connectivity index (χ4v) is 3.06. The van der Waals surface area contributed by atoms with Crippen molar-refractivity contribution >= 4 is 23.2 Å². The summed E-state index contributed by atoms with van der Waals surface area (Å²) in [5.74, 6) is 0.231.